The van der Waals surface area contributed by atoms with Crippen molar-refractivity contribution in [3.05, 3.63) is 24.3 Å². The summed E-state index contributed by atoms with van der Waals surface area (Å²) in [5.41, 5.74) is 0.789. The number of amides is 1. The number of amidine groups is 1. The average molecular weight is 263 g/mol. The lowest BCUT2D eigenvalue weighted by molar-refractivity contribution is -0.116. The van der Waals surface area contributed by atoms with Crippen LogP contribution in [0.3, 0.4) is 0 Å². The van der Waals surface area contributed by atoms with E-state index in [1.807, 2.05) is 31.2 Å². The molecule has 1 aromatic carbocycles. The Morgan fingerprint density at radius 2 is 2.22 bits per heavy atom. The molecule has 5 nitrogen and oxygen atoms in total. The van der Waals surface area contributed by atoms with Gasteiger partial charge >= 0.3 is 0 Å². The van der Waals surface area contributed by atoms with E-state index in [-0.39, 0.29) is 5.91 Å². The van der Waals surface area contributed by atoms with Crippen LogP contribution in [0, 0.1) is 0 Å². The van der Waals surface area contributed by atoms with Gasteiger partial charge in [-0.1, -0.05) is 11.8 Å². The molecule has 1 saturated heterocycles. The van der Waals surface area contributed by atoms with Crippen molar-refractivity contribution in [2.45, 2.75) is 6.92 Å². The Kier molecular flexibility index (Phi) is 4.35. The predicted octanol–water partition coefficient (Wildman–Crippen LogP) is 1.96. The lowest BCUT2D eigenvalue weighted by Gasteiger charge is -2.01. The van der Waals surface area contributed by atoms with Gasteiger partial charge in [0.15, 0.2) is 5.17 Å². The summed E-state index contributed by atoms with van der Waals surface area (Å²) in [5, 5.41) is 3.22. The Balaban J connectivity index is 1.94. The fraction of sp³-hybridized carbons (Fsp3) is 0.250. The summed E-state index contributed by atoms with van der Waals surface area (Å²) in [6.07, 6.45) is 1.43. The smallest absolute Gasteiger partial charge is 0.236 e. The molecule has 0 spiro atoms. The monoisotopic (exact) mass is 263 g/mol. The van der Waals surface area contributed by atoms with E-state index < -0.39 is 0 Å². The fourth-order valence-corrected chi connectivity index (χ4v) is 1.99. The molecule has 94 valence electrons. The minimum atomic E-state index is -0.0202. The molecule has 1 aliphatic rings. The first kappa shape index (κ1) is 12.6. The van der Waals surface area contributed by atoms with Crippen molar-refractivity contribution in [2.24, 2.45) is 9.98 Å². The number of aliphatic imine (C=N–C) groups is 2. The van der Waals surface area contributed by atoms with Crippen LogP contribution in [0.15, 0.2) is 34.3 Å². The quantitative estimate of drug-likeness (QED) is 0.667. The largest absolute Gasteiger partial charge is 0.494 e. The van der Waals surface area contributed by atoms with E-state index in [2.05, 4.69) is 15.3 Å². The van der Waals surface area contributed by atoms with Gasteiger partial charge < -0.3 is 10.1 Å². The van der Waals surface area contributed by atoms with Crippen LogP contribution in [0.1, 0.15) is 6.92 Å². The summed E-state index contributed by atoms with van der Waals surface area (Å²) in [6.45, 7) is 2.59. The van der Waals surface area contributed by atoms with Crippen molar-refractivity contribution in [1.82, 2.24) is 5.32 Å². The molecule has 1 fully saturated rings. The molecule has 1 aliphatic heterocycles. The Morgan fingerprint density at radius 3 is 2.83 bits per heavy atom. The minimum absolute atomic E-state index is 0.0202. The number of nitrogens with zero attached hydrogens (tertiary/aromatic N) is 2. The second-order valence-electron chi connectivity index (χ2n) is 3.44. The fourth-order valence-electron chi connectivity index (χ4n) is 1.34. The Bertz CT molecular complexity index is 483. The van der Waals surface area contributed by atoms with Crippen LogP contribution in [0.25, 0.3) is 0 Å². The molecular formula is C12H13N3O2S. The summed E-state index contributed by atoms with van der Waals surface area (Å²) >= 11 is 1.37. The van der Waals surface area contributed by atoms with E-state index in [9.17, 15) is 4.79 Å². The highest BCUT2D eigenvalue weighted by Gasteiger charge is 2.15. The lowest BCUT2D eigenvalue weighted by Crippen LogP contribution is -2.20. The zero-order valence-electron chi connectivity index (χ0n) is 9.92. The van der Waals surface area contributed by atoms with Crippen molar-refractivity contribution in [3.63, 3.8) is 0 Å². The highest BCUT2D eigenvalue weighted by Crippen LogP contribution is 2.17. The molecular weight excluding hydrogens is 250 g/mol. The van der Waals surface area contributed by atoms with Crippen LogP contribution in [0.5, 0.6) is 5.75 Å². The summed E-state index contributed by atoms with van der Waals surface area (Å²) in [5.74, 6) is 1.23. The van der Waals surface area contributed by atoms with Crippen LogP contribution >= 0.6 is 11.8 Å². The molecule has 2 rings (SSSR count). The maximum atomic E-state index is 10.9. The van der Waals surface area contributed by atoms with Crippen molar-refractivity contribution in [2.75, 3.05) is 12.4 Å². The van der Waals surface area contributed by atoms with Gasteiger partial charge in [-0.25, -0.2) is 9.98 Å². The van der Waals surface area contributed by atoms with Crippen molar-refractivity contribution < 1.29 is 9.53 Å². The minimum Gasteiger partial charge on any atom is -0.494 e. The van der Waals surface area contributed by atoms with Gasteiger partial charge in [-0.15, -0.1) is 0 Å². The number of thioether (sulfide) groups is 1. The first-order chi connectivity index (χ1) is 8.78. The molecule has 0 aromatic heterocycles. The molecule has 0 unspecified atom stereocenters. The van der Waals surface area contributed by atoms with E-state index in [0.29, 0.717) is 17.5 Å². The number of hydrogen-bond donors (Lipinski definition) is 1. The summed E-state index contributed by atoms with van der Waals surface area (Å²) in [7, 11) is 0. The Labute approximate surface area is 109 Å². The predicted molar refractivity (Wildman–Crippen MR) is 73.8 cm³/mol. The SMILES string of the molecule is CCOc1ccc(N=CN=C2NC(=O)CS2)cc1. The van der Waals surface area contributed by atoms with Gasteiger partial charge in [0, 0.05) is 0 Å². The van der Waals surface area contributed by atoms with E-state index in [4.69, 9.17) is 4.74 Å². The number of ether oxygens (including phenoxy) is 1. The first-order valence-electron chi connectivity index (χ1n) is 5.54. The van der Waals surface area contributed by atoms with Gasteiger partial charge in [-0.05, 0) is 31.2 Å². The first-order valence-corrected chi connectivity index (χ1v) is 6.52. The van der Waals surface area contributed by atoms with Gasteiger partial charge in [0.05, 0.1) is 18.0 Å². The molecule has 0 saturated carbocycles. The third-order valence-corrected chi connectivity index (χ3v) is 3.00. The van der Waals surface area contributed by atoms with Gasteiger partial charge in [0.25, 0.3) is 0 Å². The number of rotatable bonds is 4. The van der Waals surface area contributed by atoms with Crippen LogP contribution in [0.2, 0.25) is 0 Å². The third-order valence-electron chi connectivity index (χ3n) is 2.12. The molecule has 0 atom stereocenters. The standard InChI is InChI=1S/C12H13N3O2S/c1-2-17-10-5-3-9(4-6-10)13-8-14-12-15-11(16)7-18-12/h3-6,8H,2,7H2,1H3,(H,13,14,15,16). The molecule has 1 aromatic rings. The topological polar surface area (TPSA) is 63.1 Å². The highest BCUT2D eigenvalue weighted by molar-refractivity contribution is 8.15. The number of nitrogens with one attached hydrogen (secondary N) is 1. The lowest BCUT2D eigenvalue weighted by atomic mass is 10.3. The van der Waals surface area contributed by atoms with Crippen molar-refractivity contribution >= 4 is 34.9 Å². The second-order valence-corrected chi connectivity index (χ2v) is 4.41. The molecule has 0 bridgehead atoms. The van der Waals surface area contributed by atoms with E-state index in [1.165, 1.54) is 18.1 Å². The summed E-state index contributed by atoms with van der Waals surface area (Å²) in [4.78, 5) is 19.1. The van der Waals surface area contributed by atoms with Crippen LogP contribution in [-0.4, -0.2) is 29.8 Å². The zero-order valence-corrected chi connectivity index (χ0v) is 10.7. The molecule has 1 amide bonds. The van der Waals surface area contributed by atoms with E-state index >= 15 is 0 Å². The number of hydrogen-bond acceptors (Lipinski definition) is 4. The van der Waals surface area contributed by atoms with E-state index in [1.54, 1.807) is 0 Å². The van der Waals surface area contributed by atoms with Crippen LogP contribution in [0.4, 0.5) is 5.69 Å². The number of carbonyl (C=O) groups is 1. The van der Waals surface area contributed by atoms with Crippen LogP contribution < -0.4 is 10.1 Å². The molecule has 0 radical (unpaired) electrons. The normalized spacial score (nSPS) is 17.4. The second kappa shape index (κ2) is 6.20. The van der Waals surface area contributed by atoms with Gasteiger partial charge in [0.1, 0.15) is 12.1 Å². The van der Waals surface area contributed by atoms with Crippen molar-refractivity contribution in [1.29, 1.82) is 0 Å². The number of benzene rings is 1. The zero-order chi connectivity index (χ0) is 12.8. The molecule has 1 N–H and O–H groups in total. The highest BCUT2D eigenvalue weighted by atomic mass is 32.2. The third kappa shape index (κ3) is 3.59. The maximum Gasteiger partial charge on any atom is 0.236 e. The van der Waals surface area contributed by atoms with Gasteiger partial charge in [0.2, 0.25) is 5.91 Å². The van der Waals surface area contributed by atoms with Crippen LogP contribution in [-0.2, 0) is 4.79 Å². The Morgan fingerprint density at radius 1 is 1.44 bits per heavy atom. The molecule has 1 heterocycles. The van der Waals surface area contributed by atoms with E-state index in [0.717, 1.165) is 11.4 Å². The van der Waals surface area contributed by atoms with Gasteiger partial charge in [-0.3, -0.25) is 4.79 Å². The average Bonchev–Trinajstić information content (AvgIpc) is 2.78. The summed E-state index contributed by atoms with van der Waals surface area (Å²) in [6, 6.07) is 7.41. The Hall–Kier alpha value is -1.82. The molecule has 6 heteroatoms. The molecule has 18 heavy (non-hydrogen) atoms. The molecule has 0 aliphatic carbocycles. The number of carbonyl (C=O) groups excluding carboxylic acids is 1. The van der Waals surface area contributed by atoms with Gasteiger partial charge in [-0.2, -0.15) is 0 Å². The summed E-state index contributed by atoms with van der Waals surface area (Å²) < 4.78 is 5.33. The maximum absolute atomic E-state index is 10.9. The van der Waals surface area contributed by atoms with Crippen molar-refractivity contribution in [3.8, 4) is 5.75 Å².